The van der Waals surface area contributed by atoms with Crippen molar-refractivity contribution in [1.29, 1.82) is 0 Å². The van der Waals surface area contributed by atoms with Crippen LogP contribution in [0.3, 0.4) is 0 Å². The fraction of sp³-hybridized carbons (Fsp3) is 0.0476. The van der Waals surface area contributed by atoms with Gasteiger partial charge in [-0.25, -0.2) is 4.98 Å². The number of nitrogens with zero attached hydrogens (tertiary/aromatic N) is 2. The Balaban J connectivity index is 2.29. The van der Waals surface area contributed by atoms with Gasteiger partial charge in [0.1, 0.15) is 5.82 Å². The first-order chi connectivity index (χ1) is 13.3. The maximum absolute atomic E-state index is 12.2. The summed E-state index contributed by atoms with van der Waals surface area (Å²) in [4.78, 5) is 31.7. The molecular weight excluding hydrogens is 354 g/mol. The van der Waals surface area contributed by atoms with Crippen molar-refractivity contribution in [3.63, 3.8) is 0 Å². The Morgan fingerprint density at radius 1 is 1.04 bits per heavy atom. The van der Waals surface area contributed by atoms with E-state index < -0.39 is 11.8 Å². The van der Waals surface area contributed by atoms with E-state index >= 15 is 0 Å². The van der Waals surface area contributed by atoms with E-state index in [0.717, 1.165) is 16.8 Å². The van der Waals surface area contributed by atoms with Crippen molar-refractivity contribution in [2.24, 2.45) is 11.5 Å². The number of nitrogens with two attached hydrogens (primary N) is 3. The van der Waals surface area contributed by atoms with Crippen LogP contribution >= 0.6 is 0 Å². The van der Waals surface area contributed by atoms with Gasteiger partial charge in [0.2, 0.25) is 0 Å². The Kier molecular flexibility index (Phi) is 4.79. The number of amides is 2. The van der Waals surface area contributed by atoms with Crippen LogP contribution in [0.2, 0.25) is 0 Å². The van der Waals surface area contributed by atoms with Crippen LogP contribution < -0.4 is 17.2 Å². The summed E-state index contributed by atoms with van der Waals surface area (Å²) in [5.41, 5.74) is 19.7. The number of rotatable bonds is 3. The molecule has 0 saturated carbocycles. The molecule has 0 saturated heterocycles. The van der Waals surface area contributed by atoms with Crippen molar-refractivity contribution >= 4 is 34.0 Å². The molecule has 28 heavy (non-hydrogen) atoms. The third-order valence-electron chi connectivity index (χ3n) is 4.15. The second-order valence-corrected chi connectivity index (χ2v) is 6.13. The highest BCUT2D eigenvalue weighted by Crippen LogP contribution is 2.32. The summed E-state index contributed by atoms with van der Waals surface area (Å²) >= 11 is 0. The molecule has 2 heterocycles. The van der Waals surface area contributed by atoms with Crippen LogP contribution in [0.4, 0.5) is 5.82 Å². The smallest absolute Gasteiger partial charge is 0.293 e. The minimum atomic E-state index is -0.829. The van der Waals surface area contributed by atoms with E-state index in [0.29, 0.717) is 10.8 Å². The van der Waals surface area contributed by atoms with Gasteiger partial charge < -0.3 is 17.2 Å². The monoisotopic (exact) mass is 371 g/mol. The van der Waals surface area contributed by atoms with Crippen LogP contribution in [-0.4, -0.2) is 21.8 Å². The molecule has 138 valence electrons. The number of allylic oxidation sites excluding steroid dienone is 1. The van der Waals surface area contributed by atoms with E-state index in [1.807, 2.05) is 25.1 Å². The van der Waals surface area contributed by atoms with Crippen molar-refractivity contribution in [2.45, 2.75) is 6.92 Å². The normalized spacial score (nSPS) is 10.2. The van der Waals surface area contributed by atoms with Crippen LogP contribution in [-0.2, 0) is 4.79 Å². The fourth-order valence-corrected chi connectivity index (χ4v) is 2.82. The Hall–Kier alpha value is -4.18. The van der Waals surface area contributed by atoms with Gasteiger partial charge in [0, 0.05) is 39.7 Å². The number of pyridine rings is 2. The molecule has 0 aliphatic heterocycles. The van der Waals surface area contributed by atoms with Crippen LogP contribution in [0.25, 0.3) is 27.5 Å². The molecular formula is C21H17N5O2. The Labute approximate surface area is 161 Å². The van der Waals surface area contributed by atoms with Gasteiger partial charge in [-0.1, -0.05) is 30.7 Å². The topological polar surface area (TPSA) is 138 Å². The molecule has 0 spiro atoms. The molecule has 7 heteroatoms. The lowest BCUT2D eigenvalue weighted by molar-refractivity contribution is -0.112. The molecule has 7 nitrogen and oxygen atoms in total. The van der Waals surface area contributed by atoms with Gasteiger partial charge >= 0.3 is 0 Å². The van der Waals surface area contributed by atoms with Crippen LogP contribution in [0.1, 0.15) is 21.7 Å². The number of nitrogen functional groups attached to an aromatic ring is 1. The number of primary amides is 2. The molecule has 2 aromatic heterocycles. The Morgan fingerprint density at radius 3 is 2.36 bits per heavy atom. The SMILES string of the molecule is C=C(C#CC(N)=O)c1nc(N)c2ccc(-c3ccc(C)nc3)cc2c1C(N)=O. The van der Waals surface area contributed by atoms with Crippen molar-refractivity contribution < 1.29 is 9.59 Å². The van der Waals surface area contributed by atoms with E-state index in [4.69, 9.17) is 17.2 Å². The first-order valence-corrected chi connectivity index (χ1v) is 8.24. The second-order valence-electron chi connectivity index (χ2n) is 6.13. The number of hydrogen-bond donors (Lipinski definition) is 3. The van der Waals surface area contributed by atoms with E-state index in [2.05, 4.69) is 28.4 Å². The number of anilines is 1. The van der Waals surface area contributed by atoms with E-state index in [1.54, 1.807) is 18.3 Å². The fourth-order valence-electron chi connectivity index (χ4n) is 2.82. The Bertz CT molecular complexity index is 1200. The second kappa shape index (κ2) is 7.21. The average Bonchev–Trinajstić information content (AvgIpc) is 2.65. The molecule has 0 fully saturated rings. The van der Waals surface area contributed by atoms with E-state index in [1.165, 1.54) is 0 Å². The van der Waals surface area contributed by atoms with E-state index in [-0.39, 0.29) is 22.6 Å². The van der Waals surface area contributed by atoms with Gasteiger partial charge in [-0.15, -0.1) is 0 Å². The van der Waals surface area contributed by atoms with Crippen molar-refractivity contribution in [3.8, 4) is 23.0 Å². The molecule has 6 N–H and O–H groups in total. The van der Waals surface area contributed by atoms with Crippen LogP contribution in [0.15, 0.2) is 43.1 Å². The van der Waals surface area contributed by atoms with Gasteiger partial charge in [-0.05, 0) is 24.6 Å². The molecule has 3 aromatic rings. The van der Waals surface area contributed by atoms with Gasteiger partial charge in [0.25, 0.3) is 11.8 Å². The summed E-state index contributed by atoms with van der Waals surface area (Å²) in [6.45, 7) is 5.66. The predicted octanol–water partition coefficient (Wildman–Crippen LogP) is 1.79. The zero-order valence-corrected chi connectivity index (χ0v) is 15.1. The minimum Gasteiger partial charge on any atom is -0.383 e. The Morgan fingerprint density at radius 2 is 1.75 bits per heavy atom. The highest BCUT2D eigenvalue weighted by molar-refractivity contribution is 6.13. The largest absolute Gasteiger partial charge is 0.383 e. The molecule has 0 aliphatic carbocycles. The predicted molar refractivity (Wildman–Crippen MR) is 109 cm³/mol. The zero-order valence-electron chi connectivity index (χ0n) is 15.1. The number of carbonyl (C=O) groups excluding carboxylic acids is 2. The van der Waals surface area contributed by atoms with Gasteiger partial charge in [0.05, 0.1) is 11.3 Å². The lowest BCUT2D eigenvalue weighted by atomic mass is 9.96. The van der Waals surface area contributed by atoms with Crippen molar-refractivity contribution in [1.82, 2.24) is 9.97 Å². The highest BCUT2D eigenvalue weighted by atomic mass is 16.1. The number of aromatic nitrogens is 2. The molecule has 1 aromatic carbocycles. The third kappa shape index (κ3) is 3.52. The van der Waals surface area contributed by atoms with Gasteiger partial charge in [-0.3, -0.25) is 14.6 Å². The molecule has 0 radical (unpaired) electrons. The number of carbonyl (C=O) groups is 2. The molecule has 2 amide bonds. The highest BCUT2D eigenvalue weighted by Gasteiger charge is 2.19. The first-order valence-electron chi connectivity index (χ1n) is 8.24. The minimum absolute atomic E-state index is 0.114. The number of hydrogen-bond acceptors (Lipinski definition) is 5. The first kappa shape index (κ1) is 18.6. The lowest BCUT2D eigenvalue weighted by Crippen LogP contribution is -2.16. The summed E-state index contributed by atoms with van der Waals surface area (Å²) in [7, 11) is 0. The molecule has 3 rings (SSSR count). The quantitative estimate of drug-likeness (QED) is 0.603. The van der Waals surface area contributed by atoms with Crippen LogP contribution in [0.5, 0.6) is 0 Å². The summed E-state index contributed by atoms with van der Waals surface area (Å²) in [6.07, 6.45) is 1.74. The van der Waals surface area contributed by atoms with Crippen molar-refractivity contribution in [2.75, 3.05) is 5.73 Å². The third-order valence-corrected chi connectivity index (χ3v) is 4.15. The summed E-state index contributed by atoms with van der Waals surface area (Å²) in [5.74, 6) is 3.29. The van der Waals surface area contributed by atoms with Gasteiger partial charge in [-0.2, -0.15) is 0 Å². The standard InChI is InChI=1S/C21H17N5O2/c1-11(3-8-17(22)27)19-18(21(24)28)16-9-13(6-7-15(16)20(23)26-19)14-5-4-12(2)25-10-14/h4-7,9-10H,1H2,2H3,(H2,22,27)(H2,23,26)(H2,24,28). The summed E-state index contributed by atoms with van der Waals surface area (Å²) in [5, 5.41) is 1.08. The maximum atomic E-state index is 12.2. The number of aryl methyl sites for hydroxylation is 1. The van der Waals surface area contributed by atoms with E-state index in [9.17, 15) is 9.59 Å². The number of fused-ring (bicyclic) bond motifs is 1. The zero-order chi connectivity index (χ0) is 20.4. The lowest BCUT2D eigenvalue weighted by Gasteiger charge is -2.13. The van der Waals surface area contributed by atoms with Crippen molar-refractivity contribution in [3.05, 3.63) is 60.1 Å². The van der Waals surface area contributed by atoms with Crippen LogP contribution in [0, 0.1) is 18.8 Å². The molecule has 0 bridgehead atoms. The summed E-state index contributed by atoms with van der Waals surface area (Å²) < 4.78 is 0. The molecule has 0 aliphatic rings. The molecule has 0 unspecified atom stereocenters. The average molecular weight is 371 g/mol. The van der Waals surface area contributed by atoms with Gasteiger partial charge in [0.15, 0.2) is 0 Å². The molecule has 0 atom stereocenters. The number of benzene rings is 1. The summed E-state index contributed by atoms with van der Waals surface area (Å²) in [6, 6.07) is 9.23. The maximum Gasteiger partial charge on any atom is 0.293 e.